The van der Waals surface area contributed by atoms with Gasteiger partial charge in [-0.05, 0) is 86.7 Å². The summed E-state index contributed by atoms with van der Waals surface area (Å²) in [4.78, 5) is 19.0. The predicted molar refractivity (Wildman–Crippen MR) is 134 cm³/mol. The molecule has 2 aromatic carbocycles. The monoisotopic (exact) mass is 512 g/mol. The Morgan fingerprint density at radius 3 is 2.61 bits per heavy atom. The molecule has 1 aliphatic carbocycles. The van der Waals surface area contributed by atoms with Crippen LogP contribution in [-0.2, 0) is 11.3 Å². The smallest absolute Gasteiger partial charge is 0.261 e. The molecule has 2 heterocycles. The lowest BCUT2D eigenvalue weighted by molar-refractivity contribution is -0.137. The van der Waals surface area contributed by atoms with Crippen LogP contribution >= 0.6 is 10.6 Å². The van der Waals surface area contributed by atoms with E-state index in [1.807, 2.05) is 24.3 Å². The Balaban J connectivity index is 1.47. The summed E-state index contributed by atoms with van der Waals surface area (Å²) in [5.74, 6) is 0.440. The van der Waals surface area contributed by atoms with E-state index >= 15 is 0 Å². The fourth-order valence-corrected chi connectivity index (χ4v) is 5.91. The highest BCUT2D eigenvalue weighted by Crippen LogP contribution is 2.67. The summed E-state index contributed by atoms with van der Waals surface area (Å²) in [5, 5.41) is 0. The molecule has 5 rings (SSSR count). The predicted octanol–water partition coefficient (Wildman–Crippen LogP) is 6.02. The minimum atomic E-state index is -3.19. The molecular weight excluding hydrogens is 483 g/mol. The van der Waals surface area contributed by atoms with E-state index in [1.54, 1.807) is 37.1 Å². The van der Waals surface area contributed by atoms with E-state index in [0.29, 0.717) is 16.4 Å². The van der Waals surface area contributed by atoms with Crippen LogP contribution in [0, 0.1) is 11.7 Å². The topological polar surface area (TPSA) is 92.1 Å². The van der Waals surface area contributed by atoms with E-state index < -0.39 is 15.5 Å². The number of benzene rings is 2. The number of fused-ring (bicyclic) bond motifs is 1. The van der Waals surface area contributed by atoms with Crippen molar-refractivity contribution in [3.8, 4) is 11.5 Å². The maximum Gasteiger partial charge on any atom is 0.261 e. The van der Waals surface area contributed by atoms with Crippen molar-refractivity contribution in [1.29, 1.82) is 0 Å². The highest BCUT2D eigenvalue weighted by Gasteiger charge is 2.47. The molecule has 1 unspecified atom stereocenters. The highest BCUT2D eigenvalue weighted by atomic mass is 32.3. The molecule has 9 heteroatoms. The van der Waals surface area contributed by atoms with Crippen molar-refractivity contribution in [3.05, 3.63) is 83.9 Å². The highest BCUT2D eigenvalue weighted by molar-refractivity contribution is 8.25. The lowest BCUT2D eigenvalue weighted by Crippen LogP contribution is -2.39. The molecule has 0 spiro atoms. The first kappa shape index (κ1) is 24.5. The average Bonchev–Trinajstić information content (AvgIpc) is 3.66. The van der Waals surface area contributed by atoms with Crippen molar-refractivity contribution in [2.45, 2.75) is 49.1 Å². The van der Waals surface area contributed by atoms with E-state index in [-0.39, 0.29) is 36.8 Å². The number of nitrogens with zero attached hydrogens (tertiary/aromatic N) is 2. The molecule has 36 heavy (non-hydrogen) atoms. The van der Waals surface area contributed by atoms with Gasteiger partial charge in [-0.1, -0.05) is 12.1 Å². The van der Waals surface area contributed by atoms with Gasteiger partial charge in [-0.3, -0.25) is 18.9 Å². The van der Waals surface area contributed by atoms with Crippen LogP contribution < -0.4 is 9.47 Å². The number of hydrogen-bond donors (Lipinski definition) is 2. The Morgan fingerprint density at radius 2 is 1.94 bits per heavy atom. The number of hydrogen-bond acceptors (Lipinski definition) is 6. The molecule has 3 aromatic rings. The van der Waals surface area contributed by atoms with Crippen molar-refractivity contribution in [1.82, 2.24) is 9.88 Å². The van der Waals surface area contributed by atoms with Gasteiger partial charge in [-0.15, -0.1) is 10.6 Å². The standard InChI is InChI=1S/C27H29FN2O5S/c1-27(2)35-23-13-8-19(15-24(23)36(27,32)33)26(18-6-7-18)30(16-21-5-3-4-14-29-21)25(31)17-34-22-11-9-20(28)10-12-22/h3-5,8-15,18,26,32-33H,6-7,16-17H2,1-2H3. The van der Waals surface area contributed by atoms with Crippen LogP contribution in [0.15, 0.2) is 71.8 Å². The Labute approximate surface area is 211 Å². The third-order valence-electron chi connectivity index (χ3n) is 6.62. The van der Waals surface area contributed by atoms with Gasteiger partial charge >= 0.3 is 0 Å². The van der Waals surface area contributed by atoms with Crippen molar-refractivity contribution in [2.75, 3.05) is 6.61 Å². The van der Waals surface area contributed by atoms with Gasteiger partial charge in [0.15, 0.2) is 11.5 Å². The fraction of sp³-hybridized carbons (Fsp3) is 0.333. The van der Waals surface area contributed by atoms with E-state index in [2.05, 4.69) is 4.98 Å². The van der Waals surface area contributed by atoms with Gasteiger partial charge in [0.25, 0.3) is 5.91 Å². The summed E-state index contributed by atoms with van der Waals surface area (Å²) < 4.78 is 46.6. The van der Waals surface area contributed by atoms with Gasteiger partial charge in [-0.2, -0.15) is 0 Å². The van der Waals surface area contributed by atoms with Crippen LogP contribution in [0.1, 0.15) is 44.0 Å². The van der Waals surface area contributed by atoms with E-state index in [4.69, 9.17) is 9.47 Å². The van der Waals surface area contributed by atoms with E-state index in [1.165, 1.54) is 24.3 Å². The number of carbonyl (C=O) groups is 1. The number of rotatable bonds is 8. The zero-order chi connectivity index (χ0) is 25.5. The van der Waals surface area contributed by atoms with Crippen molar-refractivity contribution < 1.29 is 27.8 Å². The van der Waals surface area contributed by atoms with Crippen LogP contribution in [0.5, 0.6) is 11.5 Å². The summed E-state index contributed by atoms with van der Waals surface area (Å²) in [5.41, 5.74) is 1.54. The number of pyridine rings is 1. The largest absolute Gasteiger partial charge is 0.484 e. The third kappa shape index (κ3) is 4.78. The molecule has 2 N–H and O–H groups in total. The molecule has 190 valence electrons. The molecule has 2 aliphatic rings. The number of halogens is 1. The second kappa shape index (κ2) is 9.38. The molecule has 0 saturated heterocycles. The average molecular weight is 513 g/mol. The lowest BCUT2D eigenvalue weighted by Gasteiger charge is -2.38. The molecule has 1 amide bonds. The summed E-state index contributed by atoms with van der Waals surface area (Å²) in [6, 6.07) is 16.2. The van der Waals surface area contributed by atoms with E-state index in [0.717, 1.165) is 24.1 Å². The second-order valence-corrected chi connectivity index (χ2v) is 12.1. The van der Waals surface area contributed by atoms with Crippen LogP contribution in [0.25, 0.3) is 0 Å². The quantitative estimate of drug-likeness (QED) is 0.384. The zero-order valence-corrected chi connectivity index (χ0v) is 21.0. The summed E-state index contributed by atoms with van der Waals surface area (Å²) in [6.45, 7) is 3.36. The lowest BCUT2D eigenvalue weighted by atomic mass is 9.99. The number of ether oxygens (including phenoxy) is 2. The first-order valence-electron chi connectivity index (χ1n) is 11.8. The summed E-state index contributed by atoms with van der Waals surface area (Å²) in [6.07, 6.45) is 3.58. The van der Waals surface area contributed by atoms with Crippen LogP contribution in [0.3, 0.4) is 0 Å². The molecule has 0 radical (unpaired) electrons. The molecule has 7 nitrogen and oxygen atoms in total. The number of amides is 1. The van der Waals surface area contributed by atoms with Gasteiger partial charge in [0, 0.05) is 6.20 Å². The molecule has 1 fully saturated rings. The SMILES string of the molecule is CC1(C)Oc2ccc(C(C3CC3)N(Cc3ccccn3)C(=O)COc3ccc(F)cc3)cc2S1(O)O. The van der Waals surface area contributed by atoms with Gasteiger partial charge in [0.05, 0.1) is 18.3 Å². The minimum Gasteiger partial charge on any atom is -0.484 e. The van der Waals surface area contributed by atoms with Crippen LogP contribution in [0.4, 0.5) is 4.39 Å². The molecule has 1 atom stereocenters. The molecule has 1 aliphatic heterocycles. The Kier molecular flexibility index (Phi) is 6.40. The van der Waals surface area contributed by atoms with Crippen LogP contribution in [-0.4, -0.2) is 36.4 Å². The van der Waals surface area contributed by atoms with Gasteiger partial charge < -0.3 is 14.4 Å². The summed E-state index contributed by atoms with van der Waals surface area (Å²) >= 11 is 0. The zero-order valence-electron chi connectivity index (χ0n) is 20.1. The minimum absolute atomic E-state index is 0.221. The Morgan fingerprint density at radius 1 is 1.19 bits per heavy atom. The fourth-order valence-electron chi connectivity index (χ4n) is 4.49. The summed E-state index contributed by atoms with van der Waals surface area (Å²) in [7, 11) is -3.19. The van der Waals surface area contributed by atoms with Crippen molar-refractivity contribution in [2.24, 2.45) is 5.92 Å². The first-order chi connectivity index (χ1) is 17.2. The van der Waals surface area contributed by atoms with Gasteiger partial charge in [0.1, 0.15) is 22.2 Å². The molecule has 1 saturated carbocycles. The molecule has 1 aromatic heterocycles. The number of carbonyl (C=O) groups excluding carboxylic acids is 1. The Hall–Kier alpha value is -3.14. The van der Waals surface area contributed by atoms with Crippen LogP contribution in [0.2, 0.25) is 0 Å². The first-order valence-corrected chi connectivity index (χ1v) is 13.4. The van der Waals surface area contributed by atoms with Gasteiger partial charge in [0.2, 0.25) is 0 Å². The molecule has 0 bridgehead atoms. The normalized spacial score (nSPS) is 19.0. The molecular formula is C27H29FN2O5S. The van der Waals surface area contributed by atoms with Crippen molar-refractivity contribution in [3.63, 3.8) is 0 Å². The third-order valence-corrected chi connectivity index (χ3v) is 9.00. The number of aromatic nitrogens is 1. The maximum atomic E-state index is 13.6. The van der Waals surface area contributed by atoms with E-state index in [9.17, 15) is 18.3 Å². The van der Waals surface area contributed by atoms with Crippen molar-refractivity contribution >= 4 is 16.5 Å². The Bertz CT molecular complexity index is 1250. The maximum absolute atomic E-state index is 13.6. The van der Waals surface area contributed by atoms with Gasteiger partial charge in [-0.25, -0.2) is 4.39 Å². The second-order valence-electron chi connectivity index (χ2n) is 9.62.